The number of amidine groups is 2. The summed E-state index contributed by atoms with van der Waals surface area (Å²) in [6.07, 6.45) is 0.866. The number of hydrogen-bond donors (Lipinski definition) is 2. The van der Waals surface area contributed by atoms with Gasteiger partial charge in [0.2, 0.25) is 0 Å². The first-order valence-corrected chi connectivity index (χ1v) is 8.79. The van der Waals surface area contributed by atoms with Crippen molar-refractivity contribution in [2.75, 3.05) is 38.2 Å². The zero-order valence-corrected chi connectivity index (χ0v) is 14.8. The molecule has 1 fully saturated rings. The number of hydrogen-bond acceptors (Lipinski definition) is 5. The smallest absolute Gasteiger partial charge is 0.319 e. The molecule has 0 bridgehead atoms. The minimum absolute atomic E-state index is 0.202. The standard InChI is InChI=1S/C18H25N5O2/c1-3-19-18(24)21-15-6-4-14(5-7-15)17-20-9-8-16(22-17)23-10-11-25-12-13(23)2/h4-7,13H,3,8-12H2,1-2H3,(H2,19,21,24)/t13-/m0/s1. The van der Waals surface area contributed by atoms with Gasteiger partial charge in [-0.15, -0.1) is 0 Å². The SMILES string of the molecule is CCNC(=O)Nc1ccc(C2=NCCC(N3CCOC[C@@H]3C)=N2)cc1. The minimum atomic E-state index is -0.202. The third kappa shape index (κ3) is 4.36. The van der Waals surface area contributed by atoms with E-state index in [0.717, 1.165) is 55.6 Å². The molecule has 0 aliphatic carbocycles. The van der Waals surface area contributed by atoms with Crippen molar-refractivity contribution in [1.82, 2.24) is 10.2 Å². The van der Waals surface area contributed by atoms with E-state index in [1.54, 1.807) is 0 Å². The summed E-state index contributed by atoms with van der Waals surface area (Å²) in [5.74, 6) is 1.84. The average molecular weight is 343 g/mol. The predicted octanol–water partition coefficient (Wildman–Crippen LogP) is 2.10. The Kier molecular flexibility index (Phi) is 5.65. The number of morpholine rings is 1. The first-order chi connectivity index (χ1) is 12.2. The van der Waals surface area contributed by atoms with Gasteiger partial charge in [-0.1, -0.05) is 0 Å². The number of rotatable bonds is 3. The third-order valence-electron chi connectivity index (χ3n) is 4.27. The maximum Gasteiger partial charge on any atom is 0.319 e. The monoisotopic (exact) mass is 343 g/mol. The average Bonchev–Trinajstić information content (AvgIpc) is 2.63. The Hall–Kier alpha value is -2.41. The molecule has 1 aromatic rings. The fraction of sp³-hybridized carbons (Fsp3) is 0.500. The Morgan fingerprint density at radius 3 is 2.88 bits per heavy atom. The van der Waals surface area contributed by atoms with Gasteiger partial charge in [0.15, 0.2) is 5.84 Å². The second kappa shape index (κ2) is 8.11. The summed E-state index contributed by atoms with van der Waals surface area (Å²) in [6, 6.07) is 7.76. The minimum Gasteiger partial charge on any atom is -0.377 e. The molecule has 2 heterocycles. The van der Waals surface area contributed by atoms with Crippen LogP contribution in [0, 0.1) is 0 Å². The van der Waals surface area contributed by atoms with Gasteiger partial charge in [0.1, 0.15) is 5.84 Å². The summed E-state index contributed by atoms with van der Waals surface area (Å²) >= 11 is 0. The van der Waals surface area contributed by atoms with Crippen molar-refractivity contribution in [1.29, 1.82) is 0 Å². The number of carbonyl (C=O) groups is 1. The van der Waals surface area contributed by atoms with Crippen LogP contribution in [-0.4, -0.2) is 61.5 Å². The highest BCUT2D eigenvalue weighted by atomic mass is 16.5. The van der Waals surface area contributed by atoms with Crippen LogP contribution < -0.4 is 10.6 Å². The Labute approximate surface area is 148 Å². The quantitative estimate of drug-likeness (QED) is 0.882. The van der Waals surface area contributed by atoms with Gasteiger partial charge < -0.3 is 20.3 Å². The molecule has 0 aromatic heterocycles. The fourth-order valence-electron chi connectivity index (χ4n) is 2.99. The van der Waals surface area contributed by atoms with E-state index in [4.69, 9.17) is 9.73 Å². The highest BCUT2D eigenvalue weighted by Crippen LogP contribution is 2.16. The molecule has 0 unspecified atom stereocenters. The van der Waals surface area contributed by atoms with Crippen LogP contribution in [0.3, 0.4) is 0 Å². The summed E-state index contributed by atoms with van der Waals surface area (Å²) in [6.45, 7) is 7.75. The number of anilines is 1. The van der Waals surface area contributed by atoms with E-state index in [0.29, 0.717) is 12.6 Å². The lowest BCUT2D eigenvalue weighted by Crippen LogP contribution is -2.48. The summed E-state index contributed by atoms with van der Waals surface area (Å²) in [4.78, 5) is 23.2. The van der Waals surface area contributed by atoms with Gasteiger partial charge in [-0.25, -0.2) is 9.79 Å². The van der Waals surface area contributed by atoms with E-state index in [-0.39, 0.29) is 6.03 Å². The van der Waals surface area contributed by atoms with Crippen LogP contribution in [0.25, 0.3) is 0 Å². The van der Waals surface area contributed by atoms with Gasteiger partial charge in [0.05, 0.1) is 19.3 Å². The predicted molar refractivity (Wildman–Crippen MR) is 99.6 cm³/mol. The van der Waals surface area contributed by atoms with E-state index in [1.807, 2.05) is 31.2 Å². The van der Waals surface area contributed by atoms with Crippen molar-refractivity contribution in [2.24, 2.45) is 9.98 Å². The first-order valence-electron chi connectivity index (χ1n) is 8.79. The van der Waals surface area contributed by atoms with Crippen molar-refractivity contribution in [3.63, 3.8) is 0 Å². The number of carbonyl (C=O) groups excluding carboxylic acids is 1. The maximum absolute atomic E-state index is 11.6. The van der Waals surface area contributed by atoms with E-state index in [1.165, 1.54) is 0 Å². The molecule has 2 N–H and O–H groups in total. The molecule has 2 aliphatic heterocycles. The molecule has 25 heavy (non-hydrogen) atoms. The molecule has 2 amide bonds. The first kappa shape index (κ1) is 17.4. The summed E-state index contributed by atoms with van der Waals surface area (Å²) < 4.78 is 5.51. The largest absolute Gasteiger partial charge is 0.377 e. The van der Waals surface area contributed by atoms with Crippen LogP contribution in [-0.2, 0) is 4.74 Å². The van der Waals surface area contributed by atoms with Crippen molar-refractivity contribution >= 4 is 23.4 Å². The molecule has 0 radical (unpaired) electrons. The van der Waals surface area contributed by atoms with E-state index in [9.17, 15) is 4.79 Å². The molecule has 2 aliphatic rings. The lowest BCUT2D eigenvalue weighted by atomic mass is 10.1. The fourth-order valence-corrected chi connectivity index (χ4v) is 2.99. The second-order valence-electron chi connectivity index (χ2n) is 6.16. The Balaban J connectivity index is 1.70. The van der Waals surface area contributed by atoms with Gasteiger partial charge in [0, 0.05) is 37.3 Å². The maximum atomic E-state index is 11.6. The lowest BCUT2D eigenvalue weighted by Gasteiger charge is -2.36. The van der Waals surface area contributed by atoms with Gasteiger partial charge in [-0.2, -0.15) is 0 Å². The van der Waals surface area contributed by atoms with Crippen LogP contribution in [0.15, 0.2) is 34.3 Å². The Morgan fingerprint density at radius 1 is 1.36 bits per heavy atom. The highest BCUT2D eigenvalue weighted by molar-refractivity contribution is 6.08. The molecule has 7 heteroatoms. The number of aliphatic imine (C=N–C) groups is 2. The van der Waals surface area contributed by atoms with Crippen LogP contribution in [0.2, 0.25) is 0 Å². The molecule has 3 rings (SSSR count). The van der Waals surface area contributed by atoms with E-state index >= 15 is 0 Å². The van der Waals surface area contributed by atoms with Crippen molar-refractivity contribution in [3.8, 4) is 0 Å². The van der Waals surface area contributed by atoms with Crippen molar-refractivity contribution in [3.05, 3.63) is 29.8 Å². The van der Waals surface area contributed by atoms with Crippen LogP contribution >= 0.6 is 0 Å². The van der Waals surface area contributed by atoms with E-state index in [2.05, 4.69) is 27.4 Å². The molecule has 1 atom stereocenters. The Morgan fingerprint density at radius 2 is 2.16 bits per heavy atom. The highest BCUT2D eigenvalue weighted by Gasteiger charge is 2.24. The van der Waals surface area contributed by atoms with Gasteiger partial charge in [-0.05, 0) is 38.1 Å². The number of amides is 2. The third-order valence-corrected chi connectivity index (χ3v) is 4.27. The molecule has 0 spiro atoms. The van der Waals surface area contributed by atoms with E-state index < -0.39 is 0 Å². The number of benzene rings is 1. The second-order valence-corrected chi connectivity index (χ2v) is 6.16. The number of ether oxygens (including phenoxy) is 1. The molecule has 1 aromatic carbocycles. The summed E-state index contributed by atoms with van der Waals surface area (Å²) in [5, 5.41) is 5.50. The zero-order valence-electron chi connectivity index (χ0n) is 14.8. The summed E-state index contributed by atoms with van der Waals surface area (Å²) in [7, 11) is 0. The molecule has 134 valence electrons. The van der Waals surface area contributed by atoms with Crippen molar-refractivity contribution in [2.45, 2.75) is 26.3 Å². The van der Waals surface area contributed by atoms with Crippen LogP contribution in [0.1, 0.15) is 25.8 Å². The topological polar surface area (TPSA) is 78.3 Å². The van der Waals surface area contributed by atoms with Crippen LogP contribution in [0.4, 0.5) is 10.5 Å². The van der Waals surface area contributed by atoms with Crippen molar-refractivity contribution < 1.29 is 9.53 Å². The molecular formula is C18H25N5O2. The van der Waals surface area contributed by atoms with Gasteiger partial charge in [0.25, 0.3) is 0 Å². The zero-order chi connectivity index (χ0) is 17.6. The normalized spacial score (nSPS) is 20.6. The molecule has 7 nitrogen and oxygen atoms in total. The Bertz CT molecular complexity index is 669. The number of urea groups is 1. The number of nitrogens with zero attached hydrogens (tertiary/aromatic N) is 3. The summed E-state index contributed by atoms with van der Waals surface area (Å²) in [5.41, 5.74) is 1.71. The number of nitrogens with one attached hydrogen (secondary N) is 2. The molecule has 0 saturated carbocycles. The van der Waals surface area contributed by atoms with Gasteiger partial charge in [-0.3, -0.25) is 4.99 Å². The van der Waals surface area contributed by atoms with Crippen LogP contribution in [0.5, 0.6) is 0 Å². The lowest BCUT2D eigenvalue weighted by molar-refractivity contribution is 0.0323. The molecular weight excluding hydrogens is 318 g/mol. The molecule has 1 saturated heterocycles. The van der Waals surface area contributed by atoms with Gasteiger partial charge >= 0.3 is 6.03 Å².